The van der Waals surface area contributed by atoms with Crippen molar-refractivity contribution in [2.24, 2.45) is 11.8 Å². The highest BCUT2D eigenvalue weighted by Crippen LogP contribution is 2.29. The Labute approximate surface area is 215 Å². The molecule has 1 saturated carbocycles. The molecule has 36 heavy (non-hydrogen) atoms. The third-order valence-electron chi connectivity index (χ3n) is 6.60. The number of aromatic nitrogens is 1. The molecule has 0 spiro atoms. The van der Waals surface area contributed by atoms with Gasteiger partial charge in [0.25, 0.3) is 5.56 Å². The summed E-state index contributed by atoms with van der Waals surface area (Å²) < 4.78 is 18.1. The standard InChI is InChI=1S/C27H36N2O6S/c1-6-34-22-13-19(11-12-21(22)33-5)14-23-27(32)29(25(36-23)15-26(31)35-7-2)16-24(30)28-20-10-8-9-17(3)18(20)4/h11-15,17-18,20H,6-10,16H2,1-5H3,(H,28,30)/b23-14+,25-15-/t17-,18+,20-/m1/s1. The predicted molar refractivity (Wildman–Crippen MR) is 141 cm³/mol. The molecule has 1 aliphatic rings. The molecular weight excluding hydrogens is 480 g/mol. The zero-order valence-electron chi connectivity index (χ0n) is 21.7. The van der Waals surface area contributed by atoms with E-state index in [0.717, 1.165) is 36.2 Å². The molecule has 0 bridgehead atoms. The molecule has 3 rings (SSSR count). The molecular formula is C27H36N2O6S. The maximum atomic E-state index is 13.3. The summed E-state index contributed by atoms with van der Waals surface area (Å²) in [5.41, 5.74) is 0.395. The van der Waals surface area contributed by atoms with E-state index in [1.165, 1.54) is 10.6 Å². The summed E-state index contributed by atoms with van der Waals surface area (Å²) in [6.07, 6.45) is 6.14. The summed E-state index contributed by atoms with van der Waals surface area (Å²) in [6, 6.07) is 5.46. The lowest BCUT2D eigenvalue weighted by Crippen LogP contribution is -2.46. The van der Waals surface area contributed by atoms with Gasteiger partial charge in [-0.05, 0) is 55.9 Å². The molecule has 1 fully saturated rings. The fourth-order valence-corrected chi connectivity index (χ4v) is 5.49. The molecule has 0 unspecified atom stereocenters. The predicted octanol–water partition coefficient (Wildman–Crippen LogP) is 2.43. The van der Waals surface area contributed by atoms with Gasteiger partial charge in [-0.3, -0.25) is 14.2 Å². The first-order valence-corrected chi connectivity index (χ1v) is 13.3. The second-order valence-corrected chi connectivity index (χ2v) is 10.1. The summed E-state index contributed by atoms with van der Waals surface area (Å²) in [5.74, 6) is 1.26. The van der Waals surface area contributed by atoms with Gasteiger partial charge in [0.15, 0.2) is 11.5 Å². The van der Waals surface area contributed by atoms with Gasteiger partial charge in [0.1, 0.15) is 11.2 Å². The highest BCUT2D eigenvalue weighted by atomic mass is 32.1. The maximum absolute atomic E-state index is 13.3. The van der Waals surface area contributed by atoms with Crippen LogP contribution in [0.1, 0.15) is 52.5 Å². The van der Waals surface area contributed by atoms with Crippen molar-refractivity contribution in [1.29, 1.82) is 0 Å². The SMILES string of the molecule is CCOC(=O)/C=c1\s/c(=C/c2ccc(OC)c(OCC)c2)c(=O)n1CC(=O)N[C@@H]1CCC[C@@H](C)[C@@H]1C. The summed E-state index contributed by atoms with van der Waals surface area (Å²) in [7, 11) is 1.57. The first kappa shape index (κ1) is 27.5. The maximum Gasteiger partial charge on any atom is 0.333 e. The number of nitrogens with one attached hydrogen (secondary N) is 1. The van der Waals surface area contributed by atoms with Crippen LogP contribution in [0, 0.1) is 11.8 Å². The highest BCUT2D eigenvalue weighted by molar-refractivity contribution is 7.07. The van der Waals surface area contributed by atoms with Crippen molar-refractivity contribution in [1.82, 2.24) is 9.88 Å². The van der Waals surface area contributed by atoms with Gasteiger partial charge in [-0.15, -0.1) is 11.3 Å². The van der Waals surface area contributed by atoms with Gasteiger partial charge in [0, 0.05) is 6.04 Å². The normalized spacial score (nSPS) is 20.8. The van der Waals surface area contributed by atoms with Crippen molar-refractivity contribution in [2.45, 2.75) is 59.5 Å². The van der Waals surface area contributed by atoms with E-state index in [0.29, 0.717) is 39.1 Å². The van der Waals surface area contributed by atoms with Gasteiger partial charge in [0.2, 0.25) is 5.91 Å². The number of rotatable bonds is 9. The van der Waals surface area contributed by atoms with Crippen molar-refractivity contribution in [3.8, 4) is 11.5 Å². The first-order valence-electron chi connectivity index (χ1n) is 12.5. The van der Waals surface area contributed by atoms with Gasteiger partial charge in [-0.2, -0.15) is 0 Å². The summed E-state index contributed by atoms with van der Waals surface area (Å²) in [4.78, 5) is 38.5. The average Bonchev–Trinajstić information content (AvgIpc) is 3.11. The van der Waals surface area contributed by atoms with Crippen molar-refractivity contribution in [3.63, 3.8) is 0 Å². The van der Waals surface area contributed by atoms with Crippen LogP contribution in [0.4, 0.5) is 0 Å². The van der Waals surface area contributed by atoms with Crippen molar-refractivity contribution in [3.05, 3.63) is 43.3 Å². The third kappa shape index (κ3) is 6.78. The molecule has 9 heteroatoms. The zero-order chi connectivity index (χ0) is 26.2. The van der Waals surface area contributed by atoms with Gasteiger partial charge >= 0.3 is 5.97 Å². The molecule has 1 amide bonds. The topological polar surface area (TPSA) is 95.9 Å². The third-order valence-corrected chi connectivity index (χ3v) is 7.66. The lowest BCUT2D eigenvalue weighted by molar-refractivity contribution is -0.135. The number of benzene rings is 1. The molecule has 8 nitrogen and oxygen atoms in total. The summed E-state index contributed by atoms with van der Waals surface area (Å²) >= 11 is 1.14. The van der Waals surface area contributed by atoms with Crippen molar-refractivity contribution < 1.29 is 23.8 Å². The highest BCUT2D eigenvalue weighted by Gasteiger charge is 2.28. The lowest BCUT2D eigenvalue weighted by Gasteiger charge is -2.34. The molecule has 1 aromatic heterocycles. The van der Waals surface area contributed by atoms with Crippen LogP contribution in [-0.2, 0) is 20.9 Å². The van der Waals surface area contributed by atoms with E-state index < -0.39 is 5.97 Å². The Kier molecular flexibility index (Phi) is 9.75. The number of carbonyl (C=O) groups is 2. The molecule has 1 heterocycles. The Bertz CT molecular complexity index is 1250. The molecule has 2 aromatic rings. The van der Waals surface area contributed by atoms with E-state index in [4.69, 9.17) is 14.2 Å². The number of carbonyl (C=O) groups excluding carboxylic acids is 2. The quantitative estimate of drug-likeness (QED) is 0.515. The van der Waals surface area contributed by atoms with Crippen molar-refractivity contribution >= 4 is 35.4 Å². The smallest absolute Gasteiger partial charge is 0.333 e. The number of esters is 1. The average molecular weight is 517 g/mol. The Morgan fingerprint density at radius 2 is 1.94 bits per heavy atom. The fraction of sp³-hybridized carbons (Fsp3) is 0.519. The van der Waals surface area contributed by atoms with Crippen LogP contribution in [0.3, 0.4) is 0 Å². The van der Waals surface area contributed by atoms with E-state index in [2.05, 4.69) is 19.2 Å². The Balaban J connectivity index is 1.98. The number of amides is 1. The number of hydrogen-bond acceptors (Lipinski definition) is 7. The van der Waals surface area contributed by atoms with Crippen LogP contribution in [0.2, 0.25) is 0 Å². The second kappa shape index (κ2) is 12.8. The zero-order valence-corrected chi connectivity index (χ0v) is 22.5. The van der Waals surface area contributed by atoms with E-state index in [1.54, 1.807) is 32.2 Å². The van der Waals surface area contributed by atoms with Gasteiger partial charge < -0.3 is 19.5 Å². The Morgan fingerprint density at radius 1 is 1.17 bits per heavy atom. The molecule has 1 aromatic carbocycles. The summed E-state index contributed by atoms with van der Waals surface area (Å²) in [6.45, 7) is 8.47. The molecule has 0 saturated heterocycles. The van der Waals surface area contributed by atoms with E-state index in [-0.39, 0.29) is 30.7 Å². The minimum Gasteiger partial charge on any atom is -0.493 e. The minimum absolute atomic E-state index is 0.0791. The van der Waals surface area contributed by atoms with Crippen LogP contribution >= 0.6 is 11.3 Å². The number of nitrogens with zero attached hydrogens (tertiary/aromatic N) is 1. The minimum atomic E-state index is -0.558. The van der Waals surface area contributed by atoms with Gasteiger partial charge in [0.05, 0.1) is 30.9 Å². The van der Waals surface area contributed by atoms with E-state index >= 15 is 0 Å². The number of methoxy groups -OCH3 is 1. The lowest BCUT2D eigenvalue weighted by atomic mass is 9.78. The molecule has 0 aliphatic heterocycles. The van der Waals surface area contributed by atoms with E-state index in [1.807, 2.05) is 13.0 Å². The number of thiazole rings is 1. The fourth-order valence-electron chi connectivity index (χ4n) is 4.46. The molecule has 196 valence electrons. The largest absolute Gasteiger partial charge is 0.493 e. The van der Waals surface area contributed by atoms with Crippen LogP contribution in [0.25, 0.3) is 12.2 Å². The molecule has 3 atom stereocenters. The molecule has 1 aliphatic carbocycles. The van der Waals surface area contributed by atoms with Crippen LogP contribution < -0.4 is 29.5 Å². The number of ether oxygens (including phenoxy) is 3. The van der Waals surface area contributed by atoms with Crippen LogP contribution in [0.5, 0.6) is 11.5 Å². The first-order chi connectivity index (χ1) is 17.3. The number of hydrogen-bond donors (Lipinski definition) is 1. The molecule has 1 N–H and O–H groups in total. The second-order valence-electron chi connectivity index (χ2n) is 9.02. The summed E-state index contributed by atoms with van der Waals surface area (Å²) in [5, 5.41) is 3.11. The van der Waals surface area contributed by atoms with Crippen LogP contribution in [-0.4, -0.2) is 42.8 Å². The van der Waals surface area contributed by atoms with Gasteiger partial charge in [-0.1, -0.05) is 32.8 Å². The van der Waals surface area contributed by atoms with E-state index in [9.17, 15) is 14.4 Å². The monoisotopic (exact) mass is 516 g/mol. The molecule has 0 radical (unpaired) electrons. The van der Waals surface area contributed by atoms with Gasteiger partial charge in [-0.25, -0.2) is 4.79 Å². The van der Waals surface area contributed by atoms with Crippen LogP contribution in [0.15, 0.2) is 23.0 Å². The van der Waals surface area contributed by atoms with Crippen molar-refractivity contribution in [2.75, 3.05) is 20.3 Å². The Hall–Kier alpha value is -3.07. The Morgan fingerprint density at radius 3 is 2.64 bits per heavy atom.